The van der Waals surface area contributed by atoms with Crippen LogP contribution in [0.4, 0.5) is 0 Å². The van der Waals surface area contributed by atoms with Crippen LogP contribution in [0.25, 0.3) is 22.5 Å². The lowest BCUT2D eigenvalue weighted by molar-refractivity contribution is -0.132. The summed E-state index contributed by atoms with van der Waals surface area (Å²) in [4.78, 5) is 19.6. The van der Waals surface area contributed by atoms with Gasteiger partial charge < -0.3 is 14.1 Å². The summed E-state index contributed by atoms with van der Waals surface area (Å²) >= 11 is 5.38. The summed E-state index contributed by atoms with van der Waals surface area (Å²) < 4.78 is 13.3. The number of aromatic nitrogens is 4. The zero-order valence-electron chi connectivity index (χ0n) is 17.7. The lowest BCUT2D eigenvalue weighted by atomic mass is 9.97. The number of benzene rings is 2. The van der Waals surface area contributed by atoms with Crippen LogP contribution in [0.5, 0.6) is 5.75 Å². The fourth-order valence-corrected chi connectivity index (χ4v) is 4.30. The number of piperidine rings is 1. The SMILES string of the molecule is COc1ccc(-c2n[nH]c(=S)n2CC(=O)N2CCC(c3nc4ccccc4o3)CC2)cc1. The van der Waals surface area contributed by atoms with Gasteiger partial charge in [0.25, 0.3) is 0 Å². The third kappa shape index (κ3) is 3.91. The van der Waals surface area contributed by atoms with Gasteiger partial charge >= 0.3 is 0 Å². The molecule has 0 radical (unpaired) electrons. The predicted octanol–water partition coefficient (Wildman–Crippen LogP) is 4.16. The van der Waals surface area contributed by atoms with Gasteiger partial charge in [0, 0.05) is 24.6 Å². The highest BCUT2D eigenvalue weighted by atomic mass is 32.1. The van der Waals surface area contributed by atoms with Crippen LogP contribution in [0.15, 0.2) is 52.9 Å². The second-order valence-corrected chi connectivity index (χ2v) is 8.23. The highest BCUT2D eigenvalue weighted by molar-refractivity contribution is 7.71. The highest BCUT2D eigenvalue weighted by Crippen LogP contribution is 2.30. The number of para-hydroxylation sites is 2. The van der Waals surface area contributed by atoms with Crippen molar-refractivity contribution in [3.05, 3.63) is 59.2 Å². The Bertz CT molecular complexity index is 1270. The van der Waals surface area contributed by atoms with Crippen molar-refractivity contribution in [2.24, 2.45) is 0 Å². The average Bonchev–Trinajstić information content (AvgIpc) is 3.43. The smallest absolute Gasteiger partial charge is 0.242 e. The van der Waals surface area contributed by atoms with Crippen molar-refractivity contribution in [3.8, 4) is 17.1 Å². The molecule has 0 spiro atoms. The Morgan fingerprint density at radius 2 is 1.94 bits per heavy atom. The van der Waals surface area contributed by atoms with Gasteiger partial charge in [-0.05, 0) is 61.5 Å². The Hall–Kier alpha value is -3.46. The minimum atomic E-state index is 0.0216. The molecule has 1 aliphatic rings. The van der Waals surface area contributed by atoms with Crippen LogP contribution in [0.3, 0.4) is 0 Å². The van der Waals surface area contributed by atoms with Crippen LogP contribution in [-0.4, -0.2) is 50.8 Å². The van der Waals surface area contributed by atoms with Crippen molar-refractivity contribution >= 4 is 29.2 Å². The fraction of sp³-hybridized carbons (Fsp3) is 0.304. The van der Waals surface area contributed by atoms with E-state index in [1.54, 1.807) is 11.7 Å². The molecule has 2 aromatic heterocycles. The number of ether oxygens (including phenoxy) is 1. The molecule has 0 saturated carbocycles. The molecule has 0 aliphatic carbocycles. The maximum Gasteiger partial charge on any atom is 0.242 e. The average molecular weight is 450 g/mol. The zero-order valence-corrected chi connectivity index (χ0v) is 18.5. The summed E-state index contributed by atoms with van der Waals surface area (Å²) in [6.07, 6.45) is 1.64. The van der Waals surface area contributed by atoms with Gasteiger partial charge in [-0.1, -0.05) is 12.1 Å². The molecule has 0 unspecified atom stereocenters. The monoisotopic (exact) mass is 449 g/mol. The number of methoxy groups -OCH3 is 1. The molecule has 1 fully saturated rings. The third-order valence-electron chi connectivity index (χ3n) is 5.91. The molecule has 164 valence electrons. The molecule has 2 aromatic carbocycles. The largest absolute Gasteiger partial charge is 0.497 e. The number of likely N-dealkylation sites (tertiary alicyclic amines) is 1. The van der Waals surface area contributed by atoms with Gasteiger partial charge in [0.1, 0.15) is 17.8 Å². The van der Waals surface area contributed by atoms with Crippen LogP contribution >= 0.6 is 12.2 Å². The molecule has 5 rings (SSSR count). The van der Waals surface area contributed by atoms with Crippen molar-refractivity contribution in [1.29, 1.82) is 0 Å². The quantitative estimate of drug-likeness (QED) is 0.460. The number of oxazole rings is 1. The maximum atomic E-state index is 13.0. The van der Waals surface area contributed by atoms with E-state index in [1.165, 1.54) is 0 Å². The third-order valence-corrected chi connectivity index (χ3v) is 6.22. The lowest BCUT2D eigenvalue weighted by Gasteiger charge is -2.30. The minimum Gasteiger partial charge on any atom is -0.497 e. The molecular formula is C23H23N5O3S. The van der Waals surface area contributed by atoms with Gasteiger partial charge in [-0.2, -0.15) is 5.10 Å². The van der Waals surface area contributed by atoms with Crippen molar-refractivity contribution in [2.45, 2.75) is 25.3 Å². The number of carbonyl (C=O) groups is 1. The van der Waals surface area contributed by atoms with Crippen LogP contribution in [-0.2, 0) is 11.3 Å². The van der Waals surface area contributed by atoms with E-state index < -0.39 is 0 Å². The first-order valence-electron chi connectivity index (χ1n) is 10.6. The first-order chi connectivity index (χ1) is 15.6. The van der Waals surface area contributed by atoms with E-state index in [0.29, 0.717) is 23.7 Å². The number of amides is 1. The van der Waals surface area contributed by atoms with Gasteiger partial charge in [-0.15, -0.1) is 0 Å². The number of fused-ring (bicyclic) bond motifs is 1. The van der Waals surface area contributed by atoms with Gasteiger partial charge in [-0.3, -0.25) is 14.5 Å². The molecule has 1 aliphatic heterocycles. The standard InChI is InChI=1S/C23H23N5O3S/c1-30-17-8-6-15(7-9-17)21-25-26-23(32)28(21)14-20(29)27-12-10-16(11-13-27)22-24-18-4-2-3-5-19(18)31-22/h2-9,16H,10-14H2,1H3,(H,26,32). The molecule has 4 aromatic rings. The second kappa shape index (κ2) is 8.58. The van der Waals surface area contributed by atoms with E-state index in [9.17, 15) is 4.79 Å². The van der Waals surface area contributed by atoms with E-state index in [1.807, 2.05) is 53.4 Å². The number of aromatic amines is 1. The molecule has 9 heteroatoms. The van der Waals surface area contributed by atoms with E-state index in [-0.39, 0.29) is 18.4 Å². The fourth-order valence-electron chi connectivity index (χ4n) is 4.10. The summed E-state index contributed by atoms with van der Waals surface area (Å²) in [5.74, 6) is 2.39. The summed E-state index contributed by atoms with van der Waals surface area (Å²) in [7, 11) is 1.62. The van der Waals surface area contributed by atoms with E-state index in [2.05, 4.69) is 15.2 Å². The Morgan fingerprint density at radius 3 is 2.66 bits per heavy atom. The van der Waals surface area contributed by atoms with Gasteiger partial charge in [0.05, 0.1) is 7.11 Å². The molecular weight excluding hydrogens is 426 g/mol. The molecule has 0 atom stereocenters. The van der Waals surface area contributed by atoms with Crippen molar-refractivity contribution in [2.75, 3.05) is 20.2 Å². The van der Waals surface area contributed by atoms with Gasteiger partial charge in [0.15, 0.2) is 22.1 Å². The number of hydrogen-bond acceptors (Lipinski definition) is 6. The van der Waals surface area contributed by atoms with Gasteiger partial charge in [-0.25, -0.2) is 4.98 Å². The van der Waals surface area contributed by atoms with E-state index in [4.69, 9.17) is 21.4 Å². The highest BCUT2D eigenvalue weighted by Gasteiger charge is 2.27. The number of nitrogens with zero attached hydrogens (tertiary/aromatic N) is 4. The second-order valence-electron chi connectivity index (χ2n) is 7.84. The number of carbonyl (C=O) groups excluding carboxylic acids is 1. The van der Waals surface area contributed by atoms with Crippen LogP contribution in [0.1, 0.15) is 24.7 Å². The van der Waals surface area contributed by atoms with Crippen molar-refractivity contribution in [1.82, 2.24) is 24.6 Å². The first kappa shape index (κ1) is 20.4. The normalized spacial score (nSPS) is 14.7. The molecule has 8 nitrogen and oxygen atoms in total. The first-order valence-corrected chi connectivity index (χ1v) is 11.0. The van der Waals surface area contributed by atoms with Crippen molar-refractivity contribution < 1.29 is 13.9 Å². The van der Waals surface area contributed by atoms with Crippen LogP contribution < -0.4 is 4.74 Å². The Balaban J connectivity index is 1.26. The molecule has 1 saturated heterocycles. The topological polar surface area (TPSA) is 89.2 Å². The number of H-pyrrole nitrogens is 1. The summed E-state index contributed by atoms with van der Waals surface area (Å²) in [6, 6.07) is 15.3. The number of rotatable bonds is 5. The summed E-state index contributed by atoms with van der Waals surface area (Å²) in [5, 5.41) is 7.13. The van der Waals surface area contributed by atoms with Gasteiger partial charge in [0.2, 0.25) is 5.91 Å². The van der Waals surface area contributed by atoms with Crippen LogP contribution in [0.2, 0.25) is 0 Å². The molecule has 32 heavy (non-hydrogen) atoms. The summed E-state index contributed by atoms with van der Waals surface area (Å²) in [6.45, 7) is 1.46. The lowest BCUT2D eigenvalue weighted by Crippen LogP contribution is -2.39. The zero-order chi connectivity index (χ0) is 22.1. The van der Waals surface area contributed by atoms with E-state index >= 15 is 0 Å². The number of hydrogen-bond donors (Lipinski definition) is 1. The Kier molecular flexibility index (Phi) is 5.48. The molecule has 1 amide bonds. The molecule has 3 heterocycles. The molecule has 1 N–H and O–H groups in total. The minimum absolute atomic E-state index is 0.0216. The summed E-state index contributed by atoms with van der Waals surface area (Å²) in [5.41, 5.74) is 2.54. The Labute approximate surface area is 189 Å². The molecule has 0 bridgehead atoms. The maximum absolute atomic E-state index is 13.0. The van der Waals surface area contributed by atoms with Crippen molar-refractivity contribution in [3.63, 3.8) is 0 Å². The Morgan fingerprint density at radius 1 is 1.19 bits per heavy atom. The number of nitrogens with one attached hydrogen (secondary N) is 1. The van der Waals surface area contributed by atoms with E-state index in [0.717, 1.165) is 41.1 Å². The predicted molar refractivity (Wildman–Crippen MR) is 122 cm³/mol. The van der Waals surface area contributed by atoms with Crippen LogP contribution in [0, 0.1) is 4.77 Å².